The van der Waals surface area contributed by atoms with Crippen LogP contribution in [0.2, 0.25) is 0 Å². The lowest BCUT2D eigenvalue weighted by molar-refractivity contribution is -0.145. The Balaban J connectivity index is 3.36. The van der Waals surface area contributed by atoms with Crippen LogP contribution in [0.4, 0.5) is 0 Å². The number of nitrogens with two attached hydrogens (primary N) is 1. The van der Waals surface area contributed by atoms with Gasteiger partial charge < -0.3 is 20.8 Å². The van der Waals surface area contributed by atoms with Crippen molar-refractivity contribution in [3.05, 3.63) is 23.0 Å². The van der Waals surface area contributed by atoms with Crippen molar-refractivity contribution in [1.29, 1.82) is 0 Å². The highest BCUT2D eigenvalue weighted by Gasteiger charge is 2.39. The molecule has 4 N–H and O–H groups in total. The lowest BCUT2D eigenvalue weighted by atomic mass is 9.78. The predicted molar refractivity (Wildman–Crippen MR) is 61.0 cm³/mol. The maximum Gasteiger partial charge on any atom is 0.333 e. The van der Waals surface area contributed by atoms with Crippen molar-refractivity contribution in [2.45, 2.75) is 13.3 Å². The summed E-state index contributed by atoms with van der Waals surface area (Å²) >= 11 is 0. The van der Waals surface area contributed by atoms with Crippen molar-refractivity contribution in [3.63, 3.8) is 0 Å². The van der Waals surface area contributed by atoms with E-state index in [0.717, 1.165) is 0 Å². The first-order valence-corrected chi connectivity index (χ1v) is 5.05. The van der Waals surface area contributed by atoms with E-state index in [1.807, 2.05) is 0 Å². The van der Waals surface area contributed by atoms with Crippen molar-refractivity contribution in [2.75, 3.05) is 14.1 Å². The van der Waals surface area contributed by atoms with Gasteiger partial charge in [-0.05, 0) is 13.0 Å². The Morgan fingerprint density at radius 2 is 1.94 bits per heavy atom. The van der Waals surface area contributed by atoms with Gasteiger partial charge >= 0.3 is 11.9 Å². The first kappa shape index (κ1) is 13.1. The Morgan fingerprint density at radius 3 is 2.29 bits per heavy atom. The largest absolute Gasteiger partial charge is 0.481 e. The molecular formula is C11H16N2O4. The van der Waals surface area contributed by atoms with Crippen LogP contribution in [0.5, 0.6) is 0 Å². The summed E-state index contributed by atoms with van der Waals surface area (Å²) in [4.78, 5) is 23.9. The molecule has 0 fully saturated rings. The van der Waals surface area contributed by atoms with Gasteiger partial charge in [0.05, 0.1) is 22.4 Å². The highest BCUT2D eigenvalue weighted by Crippen LogP contribution is 2.36. The Morgan fingerprint density at radius 1 is 1.41 bits per heavy atom. The van der Waals surface area contributed by atoms with E-state index in [2.05, 4.69) is 0 Å². The minimum absolute atomic E-state index is 0.0545. The van der Waals surface area contributed by atoms with Gasteiger partial charge in [0.2, 0.25) is 0 Å². The average molecular weight is 240 g/mol. The van der Waals surface area contributed by atoms with E-state index in [-0.39, 0.29) is 17.7 Å². The molecule has 1 aliphatic rings. The molecule has 1 rings (SSSR count). The third-order valence-electron chi connectivity index (χ3n) is 2.83. The lowest BCUT2D eigenvalue weighted by Crippen LogP contribution is -2.35. The molecule has 6 nitrogen and oxygen atoms in total. The zero-order chi connectivity index (χ0) is 13.4. The number of carbonyl (C=O) groups is 2. The Kier molecular flexibility index (Phi) is 3.17. The minimum atomic E-state index is -1.24. The SMILES string of the molecule is CN(C)C1=CC(C)(C(=O)O)CC(C(=O)O)=C1N. The molecule has 6 heteroatoms. The first-order chi connectivity index (χ1) is 7.69. The molecule has 1 atom stereocenters. The van der Waals surface area contributed by atoms with Crippen LogP contribution < -0.4 is 5.73 Å². The predicted octanol–water partition coefficient (Wildman–Crippen LogP) is 0.224. The Hall–Kier alpha value is -1.98. The first-order valence-electron chi connectivity index (χ1n) is 5.05. The van der Waals surface area contributed by atoms with E-state index in [0.29, 0.717) is 5.70 Å². The smallest absolute Gasteiger partial charge is 0.333 e. The average Bonchev–Trinajstić information content (AvgIpc) is 2.20. The summed E-state index contributed by atoms with van der Waals surface area (Å²) in [6.45, 7) is 1.48. The third kappa shape index (κ3) is 2.25. The normalized spacial score (nSPS) is 24.3. The molecule has 0 aromatic rings. The molecule has 17 heavy (non-hydrogen) atoms. The van der Waals surface area contributed by atoms with E-state index in [9.17, 15) is 9.59 Å². The minimum Gasteiger partial charge on any atom is -0.481 e. The lowest BCUT2D eigenvalue weighted by Gasteiger charge is -2.31. The van der Waals surface area contributed by atoms with Crippen LogP contribution >= 0.6 is 0 Å². The number of carboxylic acids is 2. The van der Waals surface area contributed by atoms with Gasteiger partial charge in [-0.3, -0.25) is 4.79 Å². The van der Waals surface area contributed by atoms with E-state index < -0.39 is 17.4 Å². The van der Waals surface area contributed by atoms with Gasteiger partial charge in [0.15, 0.2) is 0 Å². The molecule has 0 aliphatic heterocycles. The quantitative estimate of drug-likeness (QED) is 0.652. The second-order valence-electron chi connectivity index (χ2n) is 4.52. The van der Waals surface area contributed by atoms with Gasteiger partial charge in [0.25, 0.3) is 0 Å². The number of nitrogens with zero attached hydrogens (tertiary/aromatic N) is 1. The van der Waals surface area contributed by atoms with Gasteiger partial charge in [-0.2, -0.15) is 0 Å². The fourth-order valence-corrected chi connectivity index (χ4v) is 1.75. The van der Waals surface area contributed by atoms with Crippen LogP contribution in [0.15, 0.2) is 23.0 Å². The van der Waals surface area contributed by atoms with Crippen molar-refractivity contribution < 1.29 is 19.8 Å². The van der Waals surface area contributed by atoms with E-state index in [1.54, 1.807) is 19.0 Å². The van der Waals surface area contributed by atoms with Crippen LogP contribution in [-0.2, 0) is 9.59 Å². The van der Waals surface area contributed by atoms with Crippen LogP contribution in [-0.4, -0.2) is 41.1 Å². The van der Waals surface area contributed by atoms with Crippen molar-refractivity contribution in [1.82, 2.24) is 4.90 Å². The molecule has 0 saturated carbocycles. The van der Waals surface area contributed by atoms with Crippen LogP contribution in [0, 0.1) is 5.41 Å². The van der Waals surface area contributed by atoms with Crippen LogP contribution in [0.1, 0.15) is 13.3 Å². The van der Waals surface area contributed by atoms with Gasteiger partial charge in [-0.1, -0.05) is 0 Å². The maximum atomic E-state index is 11.2. The molecule has 0 heterocycles. The maximum absolute atomic E-state index is 11.2. The summed E-state index contributed by atoms with van der Waals surface area (Å²) in [5.74, 6) is -2.24. The van der Waals surface area contributed by atoms with Gasteiger partial charge in [0, 0.05) is 20.5 Å². The number of carboxylic acid groups (broad SMARTS) is 2. The molecule has 0 amide bonds. The van der Waals surface area contributed by atoms with Crippen LogP contribution in [0.25, 0.3) is 0 Å². The summed E-state index contributed by atoms with van der Waals surface area (Å²) in [6, 6.07) is 0. The second kappa shape index (κ2) is 4.12. The molecule has 0 bridgehead atoms. The monoisotopic (exact) mass is 240 g/mol. The van der Waals surface area contributed by atoms with Gasteiger partial charge in [-0.15, -0.1) is 0 Å². The molecule has 1 unspecified atom stereocenters. The molecule has 0 radical (unpaired) electrons. The van der Waals surface area contributed by atoms with Crippen molar-refractivity contribution >= 4 is 11.9 Å². The number of hydrogen-bond acceptors (Lipinski definition) is 4. The van der Waals surface area contributed by atoms with Gasteiger partial charge in [0.1, 0.15) is 0 Å². The molecule has 0 aromatic carbocycles. The number of aliphatic carboxylic acids is 2. The summed E-state index contributed by atoms with van der Waals surface area (Å²) in [6.07, 6.45) is 1.39. The summed E-state index contributed by atoms with van der Waals surface area (Å²) in [5.41, 5.74) is 5.00. The molecule has 1 aliphatic carbocycles. The standard InChI is InChI=1S/C11H16N2O4/c1-11(10(16)17)4-6(9(14)15)8(12)7(5-11)13(2)3/h5H,4,12H2,1-3H3,(H,14,15)(H,16,17). The topological polar surface area (TPSA) is 104 Å². The molecule has 0 aromatic heterocycles. The van der Waals surface area contributed by atoms with E-state index in [4.69, 9.17) is 15.9 Å². The van der Waals surface area contributed by atoms with Crippen molar-refractivity contribution in [2.24, 2.45) is 11.1 Å². The summed E-state index contributed by atoms with van der Waals surface area (Å²) in [7, 11) is 3.37. The van der Waals surface area contributed by atoms with E-state index in [1.165, 1.54) is 13.0 Å². The molecule has 0 spiro atoms. The Labute approximate surface area is 99.0 Å². The van der Waals surface area contributed by atoms with E-state index >= 15 is 0 Å². The zero-order valence-corrected chi connectivity index (χ0v) is 10.0. The third-order valence-corrected chi connectivity index (χ3v) is 2.83. The fourth-order valence-electron chi connectivity index (χ4n) is 1.75. The zero-order valence-electron chi connectivity index (χ0n) is 10.0. The Bertz CT molecular complexity index is 437. The van der Waals surface area contributed by atoms with Gasteiger partial charge in [-0.25, -0.2) is 4.79 Å². The fraction of sp³-hybridized carbons (Fsp3) is 0.455. The number of hydrogen-bond donors (Lipinski definition) is 3. The van der Waals surface area contributed by atoms with Crippen molar-refractivity contribution in [3.8, 4) is 0 Å². The molecular weight excluding hydrogens is 224 g/mol. The number of likely N-dealkylation sites (N-methyl/N-ethyl adjacent to an activating group) is 1. The second-order valence-corrected chi connectivity index (χ2v) is 4.52. The highest BCUT2D eigenvalue weighted by atomic mass is 16.4. The molecule has 94 valence electrons. The molecule has 0 saturated heterocycles. The summed E-state index contributed by atoms with van der Waals surface area (Å²) < 4.78 is 0. The highest BCUT2D eigenvalue weighted by molar-refractivity contribution is 5.91. The van der Waals surface area contributed by atoms with Crippen LogP contribution in [0.3, 0.4) is 0 Å². The number of rotatable bonds is 3. The summed E-state index contributed by atoms with van der Waals surface area (Å²) in [5, 5.41) is 18.2.